The number of likely N-dealkylation sites (tertiary alicyclic amines) is 1. The van der Waals surface area contributed by atoms with E-state index in [0.29, 0.717) is 19.1 Å². The van der Waals surface area contributed by atoms with Gasteiger partial charge in [0, 0.05) is 19.1 Å². The van der Waals surface area contributed by atoms with Gasteiger partial charge in [-0.05, 0) is 52.6 Å². The molecule has 2 aliphatic heterocycles. The standard InChI is InChI=1S/C12H24N2O2S/c1-11(2)17(15,16)14-9-5-12(6-10-14)13-7-3-4-8-13/h11-12H,3-10H2,1-2H3. The highest BCUT2D eigenvalue weighted by Crippen LogP contribution is 2.23. The molecule has 0 amide bonds. The maximum Gasteiger partial charge on any atom is 0.216 e. The van der Waals surface area contributed by atoms with E-state index in [9.17, 15) is 8.42 Å². The lowest BCUT2D eigenvalue weighted by atomic mass is 10.1. The van der Waals surface area contributed by atoms with Crippen molar-refractivity contribution in [1.29, 1.82) is 0 Å². The summed E-state index contributed by atoms with van der Waals surface area (Å²) < 4.78 is 25.7. The van der Waals surface area contributed by atoms with Crippen LogP contribution in [0.4, 0.5) is 0 Å². The third-order valence-electron chi connectivity index (χ3n) is 4.04. The van der Waals surface area contributed by atoms with E-state index in [2.05, 4.69) is 4.90 Å². The topological polar surface area (TPSA) is 40.6 Å². The number of piperidine rings is 1. The molecule has 0 aliphatic carbocycles. The van der Waals surface area contributed by atoms with E-state index >= 15 is 0 Å². The van der Waals surface area contributed by atoms with Crippen molar-refractivity contribution in [2.24, 2.45) is 0 Å². The zero-order valence-corrected chi connectivity index (χ0v) is 11.7. The van der Waals surface area contributed by atoms with Gasteiger partial charge < -0.3 is 4.90 Å². The lowest BCUT2D eigenvalue weighted by Crippen LogP contribution is -2.47. The molecule has 2 saturated heterocycles. The Balaban J connectivity index is 1.89. The average molecular weight is 260 g/mol. The summed E-state index contributed by atoms with van der Waals surface area (Å²) in [4.78, 5) is 2.54. The van der Waals surface area contributed by atoms with E-state index in [0.717, 1.165) is 12.8 Å². The van der Waals surface area contributed by atoms with Crippen LogP contribution in [-0.4, -0.2) is 55.1 Å². The maximum absolute atomic E-state index is 12.0. The molecular weight excluding hydrogens is 236 g/mol. The van der Waals surface area contributed by atoms with Gasteiger partial charge >= 0.3 is 0 Å². The van der Waals surface area contributed by atoms with Gasteiger partial charge in [0.1, 0.15) is 0 Å². The molecular formula is C12H24N2O2S. The van der Waals surface area contributed by atoms with Gasteiger partial charge in [-0.25, -0.2) is 12.7 Å². The summed E-state index contributed by atoms with van der Waals surface area (Å²) in [6.45, 7) is 7.37. The number of hydrogen-bond donors (Lipinski definition) is 0. The number of rotatable bonds is 3. The molecule has 0 bridgehead atoms. The van der Waals surface area contributed by atoms with Gasteiger partial charge in [-0.3, -0.25) is 0 Å². The average Bonchev–Trinajstić information content (AvgIpc) is 2.82. The molecule has 0 radical (unpaired) electrons. The van der Waals surface area contributed by atoms with E-state index in [1.807, 2.05) is 0 Å². The number of nitrogens with zero attached hydrogens (tertiary/aromatic N) is 2. The zero-order chi connectivity index (χ0) is 12.5. The largest absolute Gasteiger partial charge is 0.300 e. The van der Waals surface area contributed by atoms with Crippen molar-refractivity contribution >= 4 is 10.0 Å². The van der Waals surface area contributed by atoms with Gasteiger partial charge in [0.2, 0.25) is 10.0 Å². The fraction of sp³-hybridized carbons (Fsp3) is 1.00. The van der Waals surface area contributed by atoms with Crippen molar-refractivity contribution in [2.45, 2.75) is 50.8 Å². The molecule has 0 atom stereocenters. The van der Waals surface area contributed by atoms with Gasteiger partial charge in [-0.1, -0.05) is 0 Å². The highest BCUT2D eigenvalue weighted by atomic mass is 32.2. The van der Waals surface area contributed by atoms with Crippen LogP contribution in [0.2, 0.25) is 0 Å². The van der Waals surface area contributed by atoms with E-state index in [-0.39, 0.29) is 5.25 Å². The Kier molecular flexibility index (Phi) is 4.10. The van der Waals surface area contributed by atoms with Crippen LogP contribution in [0.3, 0.4) is 0 Å². The van der Waals surface area contributed by atoms with Crippen LogP contribution in [0.25, 0.3) is 0 Å². The van der Waals surface area contributed by atoms with Crippen LogP contribution in [0, 0.1) is 0 Å². The minimum atomic E-state index is -3.03. The van der Waals surface area contributed by atoms with Gasteiger partial charge in [-0.2, -0.15) is 0 Å². The number of hydrogen-bond acceptors (Lipinski definition) is 3. The van der Waals surface area contributed by atoms with Crippen LogP contribution in [0.15, 0.2) is 0 Å². The summed E-state index contributed by atoms with van der Waals surface area (Å²) in [5.41, 5.74) is 0. The summed E-state index contributed by atoms with van der Waals surface area (Å²) >= 11 is 0. The smallest absolute Gasteiger partial charge is 0.216 e. The molecule has 0 unspecified atom stereocenters. The first kappa shape index (κ1) is 13.3. The molecule has 17 heavy (non-hydrogen) atoms. The first-order valence-corrected chi connectivity index (χ1v) is 8.25. The highest BCUT2D eigenvalue weighted by Gasteiger charge is 2.32. The fourth-order valence-electron chi connectivity index (χ4n) is 2.87. The summed E-state index contributed by atoms with van der Waals surface area (Å²) in [6, 6.07) is 0.621. The second-order valence-corrected chi connectivity index (χ2v) is 7.96. The lowest BCUT2D eigenvalue weighted by Gasteiger charge is -2.36. The van der Waals surface area contributed by atoms with E-state index < -0.39 is 10.0 Å². The van der Waals surface area contributed by atoms with Crippen molar-refractivity contribution in [3.05, 3.63) is 0 Å². The Labute approximate surface area is 105 Å². The quantitative estimate of drug-likeness (QED) is 0.767. The molecule has 2 rings (SSSR count). The summed E-state index contributed by atoms with van der Waals surface area (Å²) in [5.74, 6) is 0. The SMILES string of the molecule is CC(C)S(=O)(=O)N1CCC(N2CCCC2)CC1. The van der Waals surface area contributed by atoms with Gasteiger partial charge in [0.25, 0.3) is 0 Å². The Morgan fingerprint density at radius 2 is 1.53 bits per heavy atom. The molecule has 0 saturated carbocycles. The Morgan fingerprint density at radius 3 is 2.00 bits per heavy atom. The third-order valence-corrected chi connectivity index (χ3v) is 6.31. The predicted octanol–water partition coefficient (Wildman–Crippen LogP) is 1.28. The first-order chi connectivity index (χ1) is 8.01. The minimum absolute atomic E-state index is 0.286. The molecule has 2 heterocycles. The van der Waals surface area contributed by atoms with Gasteiger partial charge in [0.15, 0.2) is 0 Å². The molecule has 2 fully saturated rings. The van der Waals surface area contributed by atoms with Gasteiger partial charge in [-0.15, -0.1) is 0 Å². The van der Waals surface area contributed by atoms with Gasteiger partial charge in [0.05, 0.1) is 5.25 Å². The normalized spacial score (nSPS) is 25.8. The molecule has 4 nitrogen and oxygen atoms in total. The molecule has 100 valence electrons. The third kappa shape index (κ3) is 2.83. The fourth-order valence-corrected chi connectivity index (χ4v) is 4.18. The molecule has 0 N–H and O–H groups in total. The van der Waals surface area contributed by atoms with Crippen molar-refractivity contribution in [2.75, 3.05) is 26.2 Å². The lowest BCUT2D eigenvalue weighted by molar-refractivity contribution is 0.167. The predicted molar refractivity (Wildman–Crippen MR) is 69.5 cm³/mol. The molecule has 0 aromatic rings. The van der Waals surface area contributed by atoms with Crippen LogP contribution in [-0.2, 0) is 10.0 Å². The summed E-state index contributed by atoms with van der Waals surface area (Å²) in [7, 11) is -3.03. The second kappa shape index (κ2) is 5.24. The van der Waals surface area contributed by atoms with Crippen LogP contribution in [0.5, 0.6) is 0 Å². The van der Waals surface area contributed by atoms with E-state index in [1.165, 1.54) is 25.9 Å². The molecule has 0 spiro atoms. The Bertz CT molecular complexity index is 340. The monoisotopic (exact) mass is 260 g/mol. The highest BCUT2D eigenvalue weighted by molar-refractivity contribution is 7.89. The van der Waals surface area contributed by atoms with Crippen LogP contribution < -0.4 is 0 Å². The van der Waals surface area contributed by atoms with Crippen molar-refractivity contribution in [1.82, 2.24) is 9.21 Å². The summed E-state index contributed by atoms with van der Waals surface area (Å²) in [5, 5.41) is -0.286. The van der Waals surface area contributed by atoms with Crippen molar-refractivity contribution in [3.8, 4) is 0 Å². The number of sulfonamides is 1. The Morgan fingerprint density at radius 1 is 1.00 bits per heavy atom. The van der Waals surface area contributed by atoms with Crippen LogP contribution in [0.1, 0.15) is 39.5 Å². The second-order valence-electron chi connectivity index (χ2n) is 5.47. The zero-order valence-electron chi connectivity index (χ0n) is 10.9. The molecule has 0 aromatic carbocycles. The van der Waals surface area contributed by atoms with Crippen LogP contribution >= 0.6 is 0 Å². The summed E-state index contributed by atoms with van der Waals surface area (Å²) in [6.07, 6.45) is 4.63. The van der Waals surface area contributed by atoms with E-state index in [4.69, 9.17) is 0 Å². The first-order valence-electron chi connectivity index (χ1n) is 6.75. The molecule has 2 aliphatic rings. The van der Waals surface area contributed by atoms with E-state index in [1.54, 1.807) is 18.2 Å². The Hall–Kier alpha value is -0.130. The van der Waals surface area contributed by atoms with Crippen molar-refractivity contribution < 1.29 is 8.42 Å². The molecule has 5 heteroatoms. The molecule has 0 aromatic heterocycles. The van der Waals surface area contributed by atoms with Crippen molar-refractivity contribution in [3.63, 3.8) is 0 Å². The maximum atomic E-state index is 12.0. The minimum Gasteiger partial charge on any atom is -0.300 e.